The molecule has 136 valence electrons. The molecular formula is C16H12BrClFN3O4. The van der Waals surface area contributed by atoms with Crippen molar-refractivity contribution in [1.82, 2.24) is 5.43 Å². The van der Waals surface area contributed by atoms with E-state index in [1.807, 2.05) is 5.43 Å². The van der Waals surface area contributed by atoms with Gasteiger partial charge in [0, 0.05) is 5.69 Å². The van der Waals surface area contributed by atoms with Crippen LogP contribution in [0.4, 0.5) is 10.1 Å². The summed E-state index contributed by atoms with van der Waals surface area (Å²) in [5, 5.41) is 15.4. The second-order valence-corrected chi connectivity index (χ2v) is 6.10. The Balaban J connectivity index is 1.99. The number of rotatable bonds is 4. The molecule has 0 radical (unpaired) electrons. The van der Waals surface area contributed by atoms with Gasteiger partial charge in [-0.2, -0.15) is 5.10 Å². The molecule has 3 N–H and O–H groups in total. The van der Waals surface area contributed by atoms with Gasteiger partial charge in [0.05, 0.1) is 22.8 Å². The monoisotopic (exact) mass is 443 g/mol. The first kappa shape index (κ1) is 19.7. The van der Waals surface area contributed by atoms with Crippen molar-refractivity contribution in [3.8, 4) is 11.5 Å². The second kappa shape index (κ2) is 8.63. The van der Waals surface area contributed by atoms with Crippen LogP contribution >= 0.6 is 27.5 Å². The molecule has 0 aromatic heterocycles. The molecule has 0 fully saturated rings. The van der Waals surface area contributed by atoms with E-state index in [1.165, 1.54) is 37.6 Å². The third kappa shape index (κ3) is 4.93. The summed E-state index contributed by atoms with van der Waals surface area (Å²) in [6.45, 7) is 0. The molecule has 10 heteroatoms. The van der Waals surface area contributed by atoms with E-state index >= 15 is 0 Å². The highest BCUT2D eigenvalue weighted by Gasteiger charge is 2.14. The average Bonchev–Trinajstić information content (AvgIpc) is 2.60. The van der Waals surface area contributed by atoms with Gasteiger partial charge in [-0.3, -0.25) is 9.59 Å². The lowest BCUT2D eigenvalue weighted by molar-refractivity contribution is -0.136. The number of benzene rings is 2. The molecule has 0 aliphatic carbocycles. The van der Waals surface area contributed by atoms with E-state index in [0.717, 1.165) is 6.07 Å². The summed E-state index contributed by atoms with van der Waals surface area (Å²) in [7, 11) is 1.39. The number of phenolic OH excluding ortho intramolecular Hbond substituents is 1. The average molecular weight is 445 g/mol. The van der Waals surface area contributed by atoms with Gasteiger partial charge in [0.25, 0.3) is 0 Å². The van der Waals surface area contributed by atoms with Gasteiger partial charge in [-0.1, -0.05) is 11.6 Å². The fourth-order valence-corrected chi connectivity index (χ4v) is 2.44. The number of carbonyl (C=O) groups excluding carboxylic acids is 2. The molecule has 0 atom stereocenters. The number of hydrazone groups is 1. The fraction of sp³-hybridized carbons (Fsp3) is 0.0625. The first-order valence-electron chi connectivity index (χ1n) is 6.97. The second-order valence-electron chi connectivity index (χ2n) is 4.84. The molecule has 0 saturated carbocycles. The number of anilines is 1. The van der Waals surface area contributed by atoms with Gasteiger partial charge in [-0.25, -0.2) is 9.82 Å². The maximum Gasteiger partial charge on any atom is 0.329 e. The molecule has 0 aliphatic rings. The number of ether oxygens (including phenoxy) is 1. The van der Waals surface area contributed by atoms with Crippen molar-refractivity contribution >= 4 is 51.2 Å². The molecule has 26 heavy (non-hydrogen) atoms. The minimum atomic E-state index is -1.04. The molecule has 2 aromatic rings. The van der Waals surface area contributed by atoms with Crippen molar-refractivity contribution < 1.29 is 23.8 Å². The zero-order valence-electron chi connectivity index (χ0n) is 13.2. The highest BCUT2D eigenvalue weighted by Crippen LogP contribution is 2.34. The first-order chi connectivity index (χ1) is 12.3. The predicted molar refractivity (Wildman–Crippen MR) is 98.1 cm³/mol. The molecule has 2 rings (SSSR count). The van der Waals surface area contributed by atoms with Crippen LogP contribution in [0.3, 0.4) is 0 Å². The van der Waals surface area contributed by atoms with Crippen molar-refractivity contribution in [1.29, 1.82) is 0 Å². The van der Waals surface area contributed by atoms with Crippen LogP contribution in [-0.4, -0.2) is 30.2 Å². The molecule has 2 amide bonds. The number of nitrogens with one attached hydrogen (secondary N) is 2. The van der Waals surface area contributed by atoms with Gasteiger partial charge in [0.1, 0.15) is 5.82 Å². The van der Waals surface area contributed by atoms with Crippen LogP contribution in [-0.2, 0) is 9.59 Å². The summed E-state index contributed by atoms with van der Waals surface area (Å²) < 4.78 is 18.4. The lowest BCUT2D eigenvalue weighted by Crippen LogP contribution is -2.32. The van der Waals surface area contributed by atoms with E-state index in [4.69, 9.17) is 16.3 Å². The van der Waals surface area contributed by atoms with Crippen LogP contribution in [0, 0.1) is 5.82 Å². The molecule has 0 saturated heterocycles. The summed E-state index contributed by atoms with van der Waals surface area (Å²) >= 11 is 8.74. The fourth-order valence-electron chi connectivity index (χ4n) is 1.80. The number of hydrogen-bond acceptors (Lipinski definition) is 5. The number of aromatic hydroxyl groups is 1. The SMILES string of the molecule is COc1cc(/C=N/NC(=O)C(=O)Nc2ccc(F)c(Cl)c2)cc(Br)c1O. The minimum absolute atomic E-state index is 0.0778. The maximum atomic E-state index is 13.1. The molecule has 0 bridgehead atoms. The topological polar surface area (TPSA) is 100 Å². The van der Waals surface area contributed by atoms with Crippen LogP contribution in [0.2, 0.25) is 5.02 Å². The van der Waals surface area contributed by atoms with E-state index in [9.17, 15) is 19.1 Å². The van der Waals surface area contributed by atoms with E-state index in [2.05, 4.69) is 26.3 Å². The summed E-state index contributed by atoms with van der Waals surface area (Å²) in [5.74, 6) is -2.56. The highest BCUT2D eigenvalue weighted by molar-refractivity contribution is 9.10. The van der Waals surface area contributed by atoms with Gasteiger partial charge in [0.2, 0.25) is 0 Å². The van der Waals surface area contributed by atoms with Gasteiger partial charge < -0.3 is 15.2 Å². The lowest BCUT2D eigenvalue weighted by Gasteiger charge is -2.06. The number of amides is 2. The van der Waals surface area contributed by atoms with Crippen molar-refractivity contribution in [2.45, 2.75) is 0 Å². The highest BCUT2D eigenvalue weighted by atomic mass is 79.9. The first-order valence-corrected chi connectivity index (χ1v) is 8.15. The van der Waals surface area contributed by atoms with Crippen molar-refractivity contribution in [2.75, 3.05) is 12.4 Å². The molecular weight excluding hydrogens is 433 g/mol. The molecule has 0 aliphatic heterocycles. The Hall–Kier alpha value is -2.65. The van der Waals surface area contributed by atoms with Gasteiger partial charge in [-0.15, -0.1) is 0 Å². The standard InChI is InChI=1S/C16H12BrClFN3O4/c1-26-13-5-8(4-10(17)14(13)23)7-20-22-16(25)15(24)21-9-2-3-12(19)11(18)6-9/h2-7,23H,1H3,(H,21,24)(H,22,25)/b20-7+. The maximum absolute atomic E-state index is 13.1. The number of carbonyl (C=O) groups is 2. The van der Waals surface area contributed by atoms with Crippen LogP contribution in [0.25, 0.3) is 0 Å². The summed E-state index contributed by atoms with van der Waals surface area (Å²) in [6.07, 6.45) is 1.26. The van der Waals surface area contributed by atoms with E-state index < -0.39 is 17.6 Å². The zero-order valence-corrected chi connectivity index (χ0v) is 15.6. The van der Waals surface area contributed by atoms with Crippen LogP contribution in [0.1, 0.15) is 5.56 Å². The molecule has 0 spiro atoms. The molecule has 7 nitrogen and oxygen atoms in total. The lowest BCUT2D eigenvalue weighted by atomic mass is 10.2. The van der Waals surface area contributed by atoms with Gasteiger partial charge in [-0.05, 0) is 51.8 Å². The van der Waals surface area contributed by atoms with Crippen molar-refractivity contribution in [3.63, 3.8) is 0 Å². The Morgan fingerprint density at radius 3 is 2.69 bits per heavy atom. The molecule has 2 aromatic carbocycles. The van der Waals surface area contributed by atoms with Crippen LogP contribution in [0.15, 0.2) is 39.9 Å². The Kier molecular flexibility index (Phi) is 6.53. The molecule has 0 unspecified atom stereocenters. The minimum Gasteiger partial charge on any atom is -0.503 e. The van der Waals surface area contributed by atoms with Crippen LogP contribution in [0.5, 0.6) is 11.5 Å². The summed E-state index contributed by atoms with van der Waals surface area (Å²) in [5.41, 5.74) is 2.70. The van der Waals surface area contributed by atoms with Crippen molar-refractivity contribution in [2.24, 2.45) is 5.10 Å². The number of phenols is 1. The zero-order chi connectivity index (χ0) is 19.3. The van der Waals surface area contributed by atoms with E-state index in [1.54, 1.807) is 0 Å². The normalized spacial score (nSPS) is 10.6. The Labute approximate surface area is 160 Å². The van der Waals surface area contributed by atoms with Crippen LogP contribution < -0.4 is 15.5 Å². The van der Waals surface area contributed by atoms with E-state index in [0.29, 0.717) is 10.0 Å². The number of hydrogen-bond donors (Lipinski definition) is 3. The predicted octanol–water partition coefficient (Wildman–Crippen LogP) is 3.04. The Morgan fingerprint density at radius 2 is 2.04 bits per heavy atom. The van der Waals surface area contributed by atoms with Crippen molar-refractivity contribution in [3.05, 3.63) is 51.2 Å². The van der Waals surface area contributed by atoms with Gasteiger partial charge in [0.15, 0.2) is 11.5 Å². The molecule has 0 heterocycles. The third-order valence-corrected chi connectivity index (χ3v) is 3.93. The largest absolute Gasteiger partial charge is 0.503 e. The Bertz CT molecular complexity index is 892. The summed E-state index contributed by atoms with van der Waals surface area (Å²) in [6, 6.07) is 6.51. The number of halogens is 3. The summed E-state index contributed by atoms with van der Waals surface area (Å²) in [4.78, 5) is 23.5. The number of methoxy groups -OCH3 is 1. The third-order valence-electron chi connectivity index (χ3n) is 3.03. The Morgan fingerprint density at radius 1 is 1.31 bits per heavy atom. The number of nitrogens with zero attached hydrogens (tertiary/aromatic N) is 1. The smallest absolute Gasteiger partial charge is 0.329 e. The van der Waals surface area contributed by atoms with E-state index in [-0.39, 0.29) is 22.2 Å². The quantitative estimate of drug-likeness (QED) is 0.383. The van der Waals surface area contributed by atoms with Gasteiger partial charge >= 0.3 is 11.8 Å².